The summed E-state index contributed by atoms with van der Waals surface area (Å²) in [6.45, 7) is 4.63. The van der Waals surface area contributed by atoms with E-state index in [0.29, 0.717) is 19.3 Å². The van der Waals surface area contributed by atoms with E-state index in [0.717, 1.165) is 38.5 Å². The van der Waals surface area contributed by atoms with Gasteiger partial charge in [-0.05, 0) is 12.8 Å². The molecule has 0 saturated carbocycles. The lowest BCUT2D eigenvalue weighted by molar-refractivity contribution is -0.887. The maximum absolute atomic E-state index is 12.5. The van der Waals surface area contributed by atoms with Crippen molar-refractivity contribution in [1.29, 1.82) is 0 Å². The van der Waals surface area contributed by atoms with Gasteiger partial charge in [-0.25, -0.2) is 4.79 Å². The highest BCUT2D eigenvalue weighted by Crippen LogP contribution is 2.13. The Kier molecular flexibility index (Phi) is 23.1. The summed E-state index contributed by atoms with van der Waals surface area (Å²) in [7, 11) is 5.50. The van der Waals surface area contributed by atoms with Crippen LogP contribution in [0.2, 0.25) is 0 Å². The van der Waals surface area contributed by atoms with Gasteiger partial charge < -0.3 is 23.8 Å². The van der Waals surface area contributed by atoms with E-state index in [1.54, 1.807) is 0 Å². The van der Waals surface area contributed by atoms with Crippen molar-refractivity contribution in [3.63, 3.8) is 0 Å². The minimum Gasteiger partial charge on any atom is -0.477 e. The third-order valence-electron chi connectivity index (χ3n) is 7.01. The van der Waals surface area contributed by atoms with Crippen LogP contribution in [0.3, 0.4) is 0 Å². The number of hydrogen-bond donors (Lipinski definition) is 1. The molecule has 2 atom stereocenters. The Morgan fingerprint density at radius 1 is 0.667 bits per heavy atom. The molecular weight excluding hydrogens is 498 g/mol. The molecule has 0 aromatic carbocycles. The highest BCUT2D eigenvalue weighted by molar-refractivity contribution is 5.72. The first kappa shape index (κ1) is 37.3. The SMILES string of the molecule is CCCCCCCCCCCC(=O)OC(COCCC(C(=O)O)[N+](C)(C)C)COC(=O)CCCCCCCC. The Bertz CT molecular complexity index is 633. The van der Waals surface area contributed by atoms with Crippen molar-refractivity contribution in [2.75, 3.05) is 41.0 Å². The second kappa shape index (κ2) is 24.2. The van der Waals surface area contributed by atoms with Crippen LogP contribution >= 0.6 is 0 Å². The minimum absolute atomic E-state index is 0.0458. The Morgan fingerprint density at radius 3 is 1.59 bits per heavy atom. The van der Waals surface area contributed by atoms with Gasteiger partial charge in [0.1, 0.15) is 6.61 Å². The molecule has 0 heterocycles. The molecular formula is C31H60NO7+. The number of hydrogen-bond acceptors (Lipinski definition) is 6. The Morgan fingerprint density at radius 2 is 1.13 bits per heavy atom. The van der Waals surface area contributed by atoms with Crippen molar-refractivity contribution >= 4 is 17.9 Å². The monoisotopic (exact) mass is 558 g/mol. The van der Waals surface area contributed by atoms with Gasteiger partial charge in [0.2, 0.25) is 0 Å². The third kappa shape index (κ3) is 22.8. The number of carbonyl (C=O) groups excluding carboxylic acids is 2. The summed E-state index contributed by atoms with van der Waals surface area (Å²) in [6, 6.07) is -0.604. The van der Waals surface area contributed by atoms with Gasteiger partial charge in [-0.2, -0.15) is 0 Å². The van der Waals surface area contributed by atoms with Gasteiger partial charge in [-0.15, -0.1) is 0 Å². The zero-order valence-electron chi connectivity index (χ0n) is 25.8. The molecule has 0 aromatic heterocycles. The van der Waals surface area contributed by atoms with Crippen LogP contribution in [0.5, 0.6) is 0 Å². The molecule has 0 aliphatic carbocycles. The fraction of sp³-hybridized carbons (Fsp3) is 0.903. The number of ether oxygens (including phenoxy) is 3. The first-order valence-electron chi connectivity index (χ1n) is 15.6. The van der Waals surface area contributed by atoms with Gasteiger partial charge in [-0.1, -0.05) is 97.3 Å². The molecule has 230 valence electrons. The van der Waals surface area contributed by atoms with E-state index in [2.05, 4.69) is 13.8 Å². The molecule has 0 aliphatic rings. The molecule has 0 aromatic rings. The maximum atomic E-state index is 12.5. The average Bonchev–Trinajstić information content (AvgIpc) is 2.87. The highest BCUT2D eigenvalue weighted by atomic mass is 16.6. The molecule has 0 bridgehead atoms. The van der Waals surface area contributed by atoms with E-state index in [1.807, 2.05) is 21.1 Å². The first-order chi connectivity index (χ1) is 18.6. The first-order valence-corrected chi connectivity index (χ1v) is 15.6. The molecule has 0 amide bonds. The summed E-state index contributed by atoms with van der Waals surface area (Å²) >= 11 is 0. The van der Waals surface area contributed by atoms with E-state index in [9.17, 15) is 19.5 Å². The summed E-state index contributed by atoms with van der Waals surface area (Å²) in [5.41, 5.74) is 0. The summed E-state index contributed by atoms with van der Waals surface area (Å²) < 4.78 is 17.0. The molecule has 1 N–H and O–H groups in total. The Hall–Kier alpha value is -1.67. The van der Waals surface area contributed by atoms with E-state index < -0.39 is 18.1 Å². The highest BCUT2D eigenvalue weighted by Gasteiger charge is 2.31. The van der Waals surface area contributed by atoms with Crippen LogP contribution in [0, 0.1) is 0 Å². The standard InChI is InChI=1S/C31H59NO7/c1-6-8-10-12-14-15-16-18-20-22-30(34)39-27(25-37-24-23-28(31(35)36)32(3,4)5)26-38-29(33)21-19-17-13-11-9-7-2/h27-28H,6-26H2,1-5H3/p+1. The van der Waals surface area contributed by atoms with Gasteiger partial charge in [0.05, 0.1) is 34.4 Å². The molecule has 0 radical (unpaired) electrons. The fourth-order valence-electron chi connectivity index (χ4n) is 4.50. The maximum Gasteiger partial charge on any atom is 0.362 e. The van der Waals surface area contributed by atoms with Crippen LogP contribution in [-0.4, -0.2) is 80.6 Å². The zero-order chi connectivity index (χ0) is 29.4. The van der Waals surface area contributed by atoms with Gasteiger partial charge in [0.15, 0.2) is 12.1 Å². The van der Waals surface area contributed by atoms with Gasteiger partial charge >= 0.3 is 17.9 Å². The molecule has 8 nitrogen and oxygen atoms in total. The van der Waals surface area contributed by atoms with E-state index in [1.165, 1.54) is 57.8 Å². The summed E-state index contributed by atoms with van der Waals surface area (Å²) in [6.07, 6.45) is 17.4. The van der Waals surface area contributed by atoms with E-state index in [4.69, 9.17) is 14.2 Å². The molecule has 0 rings (SSSR count). The lowest BCUT2D eigenvalue weighted by Gasteiger charge is -2.31. The normalized spacial score (nSPS) is 13.2. The number of aliphatic carboxylic acids is 1. The number of likely N-dealkylation sites (N-methyl/N-ethyl adjacent to an activating group) is 1. The Labute approximate surface area is 238 Å². The lowest BCUT2D eigenvalue weighted by Crippen LogP contribution is -2.50. The average molecular weight is 559 g/mol. The van der Waals surface area contributed by atoms with Gasteiger partial charge in [0.25, 0.3) is 0 Å². The predicted octanol–water partition coefficient (Wildman–Crippen LogP) is 6.68. The molecule has 0 saturated heterocycles. The van der Waals surface area contributed by atoms with Crippen LogP contribution in [0.4, 0.5) is 0 Å². The predicted molar refractivity (Wildman–Crippen MR) is 156 cm³/mol. The van der Waals surface area contributed by atoms with Crippen LogP contribution in [0.1, 0.15) is 129 Å². The molecule has 0 aliphatic heterocycles. The quantitative estimate of drug-likeness (QED) is 0.0682. The zero-order valence-corrected chi connectivity index (χ0v) is 25.8. The molecule has 0 spiro atoms. The Balaban J connectivity index is 4.51. The van der Waals surface area contributed by atoms with Crippen LogP contribution in [0.15, 0.2) is 0 Å². The number of carbonyl (C=O) groups is 3. The van der Waals surface area contributed by atoms with Crippen molar-refractivity contribution < 1.29 is 38.2 Å². The number of rotatable bonds is 27. The number of unbranched alkanes of at least 4 members (excludes halogenated alkanes) is 13. The van der Waals surface area contributed by atoms with Crippen molar-refractivity contribution in [1.82, 2.24) is 0 Å². The largest absolute Gasteiger partial charge is 0.477 e. The summed E-state index contributed by atoms with van der Waals surface area (Å²) in [4.78, 5) is 36.3. The van der Waals surface area contributed by atoms with Crippen molar-refractivity contribution in [3.8, 4) is 0 Å². The molecule has 0 fully saturated rings. The molecule has 39 heavy (non-hydrogen) atoms. The van der Waals surface area contributed by atoms with Crippen LogP contribution < -0.4 is 0 Å². The molecule has 8 heteroatoms. The number of quaternary nitrogens is 1. The van der Waals surface area contributed by atoms with Crippen molar-refractivity contribution in [3.05, 3.63) is 0 Å². The van der Waals surface area contributed by atoms with E-state index in [-0.39, 0.29) is 36.2 Å². The second-order valence-electron chi connectivity index (χ2n) is 11.7. The fourth-order valence-corrected chi connectivity index (χ4v) is 4.50. The minimum atomic E-state index is -0.876. The second-order valence-corrected chi connectivity index (χ2v) is 11.7. The van der Waals surface area contributed by atoms with E-state index >= 15 is 0 Å². The lowest BCUT2D eigenvalue weighted by atomic mass is 10.1. The number of carboxylic acids is 1. The van der Waals surface area contributed by atoms with Gasteiger partial charge in [-0.3, -0.25) is 9.59 Å². The number of esters is 2. The summed E-state index contributed by atoms with van der Waals surface area (Å²) in [5.74, 6) is -1.48. The summed E-state index contributed by atoms with van der Waals surface area (Å²) in [5, 5.41) is 9.50. The van der Waals surface area contributed by atoms with Gasteiger partial charge in [0, 0.05) is 19.3 Å². The van der Waals surface area contributed by atoms with Crippen LogP contribution in [0.25, 0.3) is 0 Å². The number of carboxylic acid groups (broad SMARTS) is 1. The number of nitrogens with zero attached hydrogens (tertiary/aromatic N) is 1. The molecule has 2 unspecified atom stereocenters. The van der Waals surface area contributed by atoms with Crippen molar-refractivity contribution in [2.24, 2.45) is 0 Å². The van der Waals surface area contributed by atoms with Crippen LogP contribution in [-0.2, 0) is 28.6 Å². The topological polar surface area (TPSA) is 99.1 Å². The third-order valence-corrected chi connectivity index (χ3v) is 7.01. The smallest absolute Gasteiger partial charge is 0.362 e. The van der Waals surface area contributed by atoms with Crippen molar-refractivity contribution in [2.45, 2.75) is 142 Å².